The fraction of sp³-hybridized carbons (Fsp3) is 0.500. The Balaban J connectivity index is 0.00000144. The molecule has 2 aliphatic rings. The molecule has 0 aromatic rings. The fourth-order valence-electron chi connectivity index (χ4n) is 2.58. The Morgan fingerprint density at radius 3 is 2.22 bits per heavy atom. The van der Waals surface area contributed by atoms with Crippen molar-refractivity contribution in [2.45, 2.75) is 46.0 Å². The predicted molar refractivity (Wildman–Crippen MR) is 85.6 cm³/mol. The molecule has 18 heavy (non-hydrogen) atoms. The van der Waals surface area contributed by atoms with Gasteiger partial charge in [-0.1, -0.05) is 61.4 Å². The second-order valence-electron chi connectivity index (χ2n) is 5.32. The molecule has 0 nitrogen and oxygen atoms in total. The Morgan fingerprint density at radius 1 is 0.889 bits per heavy atom. The summed E-state index contributed by atoms with van der Waals surface area (Å²) in [6.45, 7) is 4.74. The third-order valence-corrected chi connectivity index (χ3v) is 3.88. The molecule has 0 radical (unpaired) electrons. The summed E-state index contributed by atoms with van der Waals surface area (Å²) in [6.07, 6.45) is 19.9. The first-order chi connectivity index (χ1) is 7.71. The van der Waals surface area contributed by atoms with Crippen molar-refractivity contribution in [3.05, 3.63) is 47.6 Å². The van der Waals surface area contributed by atoms with Gasteiger partial charge < -0.3 is 0 Å². The molecule has 90 valence electrons. The van der Waals surface area contributed by atoms with E-state index in [0.29, 0.717) is 0 Å². The molecule has 0 unspecified atom stereocenters. The standard InChI is InChI=1S/C16H22.2K.2H/c1-16(2,15-12-8-9-13-15)14-10-6-4-3-5-7-11-14;;;;/h4,6,8-10,12H,3,5,7,11,13H2,1-2H3;;;;/b6-4-,14-10+;;;;. The van der Waals surface area contributed by atoms with Gasteiger partial charge in [0.05, 0.1) is 0 Å². The maximum absolute atomic E-state index is 2.37. The van der Waals surface area contributed by atoms with Crippen LogP contribution in [0.2, 0.25) is 0 Å². The summed E-state index contributed by atoms with van der Waals surface area (Å²) in [5, 5.41) is 0. The van der Waals surface area contributed by atoms with Gasteiger partial charge in [0, 0.05) is 5.41 Å². The van der Waals surface area contributed by atoms with Crippen molar-refractivity contribution < 1.29 is 0 Å². The minimum atomic E-state index is 0. The van der Waals surface area contributed by atoms with E-state index in [-0.39, 0.29) is 108 Å². The van der Waals surface area contributed by atoms with Crippen molar-refractivity contribution in [1.82, 2.24) is 0 Å². The van der Waals surface area contributed by atoms with E-state index in [0.717, 1.165) is 6.42 Å². The monoisotopic (exact) mass is 294 g/mol. The van der Waals surface area contributed by atoms with Crippen LogP contribution in [0.3, 0.4) is 0 Å². The van der Waals surface area contributed by atoms with Gasteiger partial charge in [-0.2, -0.15) is 0 Å². The van der Waals surface area contributed by atoms with Crippen LogP contribution in [0.25, 0.3) is 0 Å². The van der Waals surface area contributed by atoms with E-state index in [9.17, 15) is 0 Å². The molecular formula is C16H24K2. The molecule has 0 fully saturated rings. The van der Waals surface area contributed by atoms with Crippen molar-refractivity contribution in [3.8, 4) is 0 Å². The van der Waals surface area contributed by atoms with Crippen LogP contribution in [0.5, 0.6) is 0 Å². The molecule has 0 bridgehead atoms. The zero-order valence-corrected chi connectivity index (χ0v) is 10.5. The van der Waals surface area contributed by atoms with Crippen molar-refractivity contribution in [1.29, 1.82) is 0 Å². The molecule has 2 heteroatoms. The zero-order chi connectivity index (χ0) is 11.4. The summed E-state index contributed by atoms with van der Waals surface area (Å²) in [7, 11) is 0. The third-order valence-electron chi connectivity index (χ3n) is 3.88. The van der Waals surface area contributed by atoms with Gasteiger partial charge in [0.25, 0.3) is 0 Å². The van der Waals surface area contributed by atoms with Crippen LogP contribution in [0.15, 0.2) is 47.6 Å². The van der Waals surface area contributed by atoms with Crippen LogP contribution >= 0.6 is 0 Å². The Bertz CT molecular complexity index is 371. The van der Waals surface area contributed by atoms with Crippen molar-refractivity contribution in [2.24, 2.45) is 5.41 Å². The molecule has 0 aliphatic heterocycles. The minimum absolute atomic E-state index is 0. The SMILES string of the molecule is CC(C)(C1=CC=CC1)/C1=C/C=C\CCCC1.[KH].[KH]. The second kappa shape index (κ2) is 10.0. The van der Waals surface area contributed by atoms with Crippen LogP contribution in [0.1, 0.15) is 46.0 Å². The van der Waals surface area contributed by atoms with Crippen LogP contribution in [-0.2, 0) is 0 Å². The molecule has 2 rings (SSSR count). The molecule has 0 atom stereocenters. The van der Waals surface area contributed by atoms with Gasteiger partial charge in [-0.15, -0.1) is 0 Å². The Morgan fingerprint density at radius 2 is 1.56 bits per heavy atom. The first-order valence-corrected chi connectivity index (χ1v) is 6.43. The normalized spacial score (nSPS) is 23.7. The summed E-state index contributed by atoms with van der Waals surface area (Å²) < 4.78 is 0. The zero-order valence-electron chi connectivity index (χ0n) is 10.5. The Labute approximate surface area is 197 Å². The van der Waals surface area contributed by atoms with Gasteiger partial charge in [-0.25, -0.2) is 0 Å². The third kappa shape index (κ3) is 5.55. The molecular weight excluding hydrogens is 270 g/mol. The second-order valence-corrected chi connectivity index (χ2v) is 5.32. The quantitative estimate of drug-likeness (QED) is 0.682. The topological polar surface area (TPSA) is 0 Å². The molecule has 0 aromatic heterocycles. The van der Waals surface area contributed by atoms with Gasteiger partial charge >= 0.3 is 103 Å². The van der Waals surface area contributed by atoms with E-state index in [4.69, 9.17) is 0 Å². The average Bonchev–Trinajstić information content (AvgIpc) is 2.68. The van der Waals surface area contributed by atoms with Crippen LogP contribution in [0, 0.1) is 5.41 Å². The molecule has 0 saturated heterocycles. The van der Waals surface area contributed by atoms with E-state index in [1.54, 1.807) is 11.1 Å². The Hall–Kier alpha value is 2.23. The number of hydrogen-bond acceptors (Lipinski definition) is 0. The maximum atomic E-state index is 2.37. The predicted octanol–water partition coefficient (Wildman–Crippen LogP) is 3.66. The van der Waals surface area contributed by atoms with Gasteiger partial charge in [0.15, 0.2) is 0 Å². The molecule has 0 aromatic carbocycles. The van der Waals surface area contributed by atoms with Gasteiger partial charge in [0.2, 0.25) is 0 Å². The molecule has 2 aliphatic carbocycles. The number of allylic oxidation sites excluding steroid dienone is 8. The number of hydrogen-bond donors (Lipinski definition) is 0. The van der Waals surface area contributed by atoms with Crippen LogP contribution in [-0.4, -0.2) is 103 Å². The molecule has 0 heterocycles. The first kappa shape index (κ1) is 20.2. The van der Waals surface area contributed by atoms with Gasteiger partial charge in [-0.05, 0) is 32.1 Å². The van der Waals surface area contributed by atoms with Crippen LogP contribution in [0.4, 0.5) is 0 Å². The molecule has 0 spiro atoms. The summed E-state index contributed by atoms with van der Waals surface area (Å²) in [4.78, 5) is 0. The van der Waals surface area contributed by atoms with E-state index < -0.39 is 0 Å². The number of rotatable bonds is 2. The van der Waals surface area contributed by atoms with E-state index in [1.165, 1.54) is 25.7 Å². The summed E-state index contributed by atoms with van der Waals surface area (Å²) in [6, 6.07) is 0. The molecule has 0 N–H and O–H groups in total. The van der Waals surface area contributed by atoms with Crippen molar-refractivity contribution in [2.75, 3.05) is 0 Å². The van der Waals surface area contributed by atoms with E-state index in [1.807, 2.05) is 0 Å². The van der Waals surface area contributed by atoms with Crippen LogP contribution < -0.4 is 0 Å². The molecule has 0 amide bonds. The summed E-state index contributed by atoms with van der Waals surface area (Å²) >= 11 is 0. The summed E-state index contributed by atoms with van der Waals surface area (Å²) in [5.74, 6) is 0. The van der Waals surface area contributed by atoms with Crippen molar-refractivity contribution in [3.63, 3.8) is 0 Å². The summed E-state index contributed by atoms with van der Waals surface area (Å²) in [5.41, 5.74) is 3.40. The van der Waals surface area contributed by atoms with E-state index in [2.05, 4.69) is 50.3 Å². The van der Waals surface area contributed by atoms with Gasteiger partial charge in [0.1, 0.15) is 0 Å². The van der Waals surface area contributed by atoms with Gasteiger partial charge in [-0.3, -0.25) is 0 Å². The van der Waals surface area contributed by atoms with E-state index >= 15 is 0 Å². The average molecular weight is 295 g/mol. The molecule has 0 saturated carbocycles. The fourth-order valence-corrected chi connectivity index (χ4v) is 2.58. The first-order valence-electron chi connectivity index (χ1n) is 6.43. The van der Waals surface area contributed by atoms with Crippen molar-refractivity contribution >= 4 is 103 Å². The Kier molecular flexibility index (Phi) is 11.3.